The second kappa shape index (κ2) is 4.51. The van der Waals surface area contributed by atoms with Crippen LogP contribution in [0.2, 0.25) is 5.02 Å². The highest BCUT2D eigenvalue weighted by molar-refractivity contribution is 6.68. The van der Waals surface area contributed by atoms with Gasteiger partial charge in [0.25, 0.3) is 5.24 Å². The maximum atomic E-state index is 12.4. The van der Waals surface area contributed by atoms with E-state index in [2.05, 4.69) is 4.74 Å². The lowest BCUT2D eigenvalue weighted by Crippen LogP contribution is -2.08. The van der Waals surface area contributed by atoms with Gasteiger partial charge in [-0.1, -0.05) is 11.6 Å². The first-order chi connectivity index (χ1) is 7.27. The maximum absolute atomic E-state index is 12.4. The Balaban J connectivity index is 3.43. The fraction of sp³-hybridized carbons (Fsp3) is 0.222. The van der Waals surface area contributed by atoms with Gasteiger partial charge in [0, 0.05) is 0 Å². The van der Waals surface area contributed by atoms with Crippen LogP contribution in [-0.4, -0.2) is 12.4 Å². The summed E-state index contributed by atoms with van der Waals surface area (Å²) in [7, 11) is 1.13. The first-order valence-electron chi connectivity index (χ1n) is 3.92. The third kappa shape index (κ3) is 2.59. The van der Waals surface area contributed by atoms with Gasteiger partial charge in [-0.3, -0.25) is 4.79 Å². The van der Waals surface area contributed by atoms with Gasteiger partial charge in [0.2, 0.25) is 0 Å². The predicted octanol–water partition coefficient (Wildman–Crippen LogP) is 3.75. The lowest BCUT2D eigenvalue weighted by Gasteiger charge is -2.12. The number of methoxy groups -OCH3 is 1. The standard InChI is InChI=1S/C9H5Cl2F3O2/c1-16-7-3-5(9(12,13)14)6(10)2-4(7)8(11)15/h2-3H,1H3. The molecule has 0 aliphatic rings. The summed E-state index contributed by atoms with van der Waals surface area (Å²) < 4.78 is 42.0. The molecule has 0 radical (unpaired) electrons. The summed E-state index contributed by atoms with van der Waals surface area (Å²) in [6.07, 6.45) is -4.61. The molecule has 0 saturated carbocycles. The van der Waals surface area contributed by atoms with Crippen LogP contribution in [0.4, 0.5) is 13.2 Å². The molecule has 0 saturated heterocycles. The van der Waals surface area contributed by atoms with Gasteiger partial charge in [-0.05, 0) is 23.7 Å². The van der Waals surface area contributed by atoms with Crippen LogP contribution in [0.3, 0.4) is 0 Å². The minimum absolute atomic E-state index is 0.206. The van der Waals surface area contributed by atoms with Gasteiger partial charge in [0.15, 0.2) is 0 Å². The third-order valence-electron chi connectivity index (χ3n) is 1.81. The lowest BCUT2D eigenvalue weighted by atomic mass is 10.1. The second-order valence-corrected chi connectivity index (χ2v) is 3.55. The Morgan fingerprint density at radius 1 is 1.38 bits per heavy atom. The van der Waals surface area contributed by atoms with Crippen molar-refractivity contribution < 1.29 is 22.7 Å². The zero-order valence-electron chi connectivity index (χ0n) is 7.86. The van der Waals surface area contributed by atoms with E-state index >= 15 is 0 Å². The summed E-state index contributed by atoms with van der Waals surface area (Å²) in [5.74, 6) is -0.267. The van der Waals surface area contributed by atoms with Crippen molar-refractivity contribution in [3.05, 3.63) is 28.3 Å². The Bertz CT molecular complexity index is 429. The van der Waals surface area contributed by atoms with Gasteiger partial charge in [0.1, 0.15) is 5.75 Å². The van der Waals surface area contributed by atoms with Crippen LogP contribution in [0.5, 0.6) is 5.75 Å². The molecule has 16 heavy (non-hydrogen) atoms. The fourth-order valence-electron chi connectivity index (χ4n) is 1.09. The molecule has 0 heterocycles. The molecule has 1 aromatic carbocycles. The van der Waals surface area contributed by atoms with Crippen LogP contribution in [0, 0.1) is 0 Å². The summed E-state index contributed by atoms with van der Waals surface area (Å²) in [6.45, 7) is 0. The van der Waals surface area contributed by atoms with E-state index in [1.165, 1.54) is 0 Å². The van der Waals surface area contributed by atoms with Crippen LogP contribution < -0.4 is 4.74 Å². The molecule has 1 rings (SSSR count). The maximum Gasteiger partial charge on any atom is 0.417 e. The minimum Gasteiger partial charge on any atom is -0.496 e. The molecule has 7 heteroatoms. The zero-order chi connectivity index (χ0) is 12.5. The minimum atomic E-state index is -4.61. The second-order valence-electron chi connectivity index (χ2n) is 2.80. The third-order valence-corrected chi connectivity index (χ3v) is 2.32. The van der Waals surface area contributed by atoms with Crippen molar-refractivity contribution in [2.24, 2.45) is 0 Å². The van der Waals surface area contributed by atoms with Crippen molar-refractivity contribution in [3.8, 4) is 5.75 Å². The van der Waals surface area contributed by atoms with Gasteiger partial charge < -0.3 is 4.74 Å². The Morgan fingerprint density at radius 2 is 1.94 bits per heavy atom. The van der Waals surface area contributed by atoms with Crippen molar-refractivity contribution in [1.82, 2.24) is 0 Å². The zero-order valence-corrected chi connectivity index (χ0v) is 9.37. The van der Waals surface area contributed by atoms with E-state index in [1.54, 1.807) is 0 Å². The number of halogens is 5. The number of hydrogen-bond acceptors (Lipinski definition) is 2. The molecule has 0 unspecified atom stereocenters. The van der Waals surface area contributed by atoms with Gasteiger partial charge in [-0.2, -0.15) is 13.2 Å². The van der Waals surface area contributed by atoms with Gasteiger partial charge in [-0.25, -0.2) is 0 Å². The van der Waals surface area contributed by atoms with Crippen molar-refractivity contribution in [1.29, 1.82) is 0 Å². The van der Waals surface area contributed by atoms with E-state index in [0.717, 1.165) is 13.2 Å². The Hall–Kier alpha value is -0.940. The molecule has 2 nitrogen and oxygen atoms in total. The monoisotopic (exact) mass is 272 g/mol. The molecular weight excluding hydrogens is 268 g/mol. The van der Waals surface area contributed by atoms with E-state index < -0.39 is 22.0 Å². The molecule has 1 aromatic rings. The first kappa shape index (κ1) is 13.1. The Kier molecular flexibility index (Phi) is 3.70. The fourth-order valence-corrected chi connectivity index (χ4v) is 1.51. The average Bonchev–Trinajstić information content (AvgIpc) is 2.15. The Morgan fingerprint density at radius 3 is 2.31 bits per heavy atom. The van der Waals surface area contributed by atoms with Crippen LogP contribution in [-0.2, 0) is 6.18 Å². The normalized spacial score (nSPS) is 11.4. The summed E-state index contributed by atoms with van der Waals surface area (Å²) in [4.78, 5) is 10.9. The summed E-state index contributed by atoms with van der Waals surface area (Å²) in [5.41, 5.74) is -1.28. The van der Waals surface area contributed by atoms with E-state index in [1.807, 2.05) is 0 Å². The van der Waals surface area contributed by atoms with Crippen molar-refractivity contribution >= 4 is 28.4 Å². The number of hydrogen-bond donors (Lipinski definition) is 0. The number of rotatable bonds is 2. The molecule has 88 valence electrons. The number of carbonyl (C=O) groups excluding carboxylic acids is 1. The van der Waals surface area contributed by atoms with Crippen LogP contribution in [0.1, 0.15) is 15.9 Å². The van der Waals surface area contributed by atoms with Crippen LogP contribution in [0.25, 0.3) is 0 Å². The number of alkyl halides is 3. The van der Waals surface area contributed by atoms with E-state index in [0.29, 0.717) is 6.07 Å². The average molecular weight is 273 g/mol. The Labute approximate surface area is 98.9 Å². The number of ether oxygens (including phenoxy) is 1. The molecule has 0 amide bonds. The predicted molar refractivity (Wildman–Crippen MR) is 53.2 cm³/mol. The quantitative estimate of drug-likeness (QED) is 0.767. The smallest absolute Gasteiger partial charge is 0.417 e. The summed E-state index contributed by atoms with van der Waals surface area (Å²) >= 11 is 10.6. The van der Waals surface area contributed by atoms with E-state index in [-0.39, 0.29) is 11.3 Å². The van der Waals surface area contributed by atoms with E-state index in [4.69, 9.17) is 23.2 Å². The molecule has 0 bridgehead atoms. The van der Waals surface area contributed by atoms with Gasteiger partial charge >= 0.3 is 6.18 Å². The molecule has 0 spiro atoms. The molecule has 0 atom stereocenters. The molecule has 0 aliphatic heterocycles. The first-order valence-corrected chi connectivity index (χ1v) is 4.67. The molecule has 0 N–H and O–H groups in total. The van der Waals surface area contributed by atoms with Crippen molar-refractivity contribution in [2.45, 2.75) is 6.18 Å². The highest BCUT2D eigenvalue weighted by atomic mass is 35.5. The number of benzene rings is 1. The highest BCUT2D eigenvalue weighted by Crippen LogP contribution is 2.38. The van der Waals surface area contributed by atoms with Gasteiger partial charge in [0.05, 0.1) is 23.3 Å². The number of carbonyl (C=O) groups is 1. The van der Waals surface area contributed by atoms with Crippen molar-refractivity contribution in [3.63, 3.8) is 0 Å². The molecule has 0 aliphatic carbocycles. The summed E-state index contributed by atoms with van der Waals surface area (Å²) in [5, 5.41) is -1.54. The lowest BCUT2D eigenvalue weighted by molar-refractivity contribution is -0.137. The molecular formula is C9H5Cl2F3O2. The topological polar surface area (TPSA) is 26.3 Å². The van der Waals surface area contributed by atoms with Crippen molar-refractivity contribution in [2.75, 3.05) is 7.11 Å². The molecule has 0 aromatic heterocycles. The van der Waals surface area contributed by atoms with Gasteiger partial charge in [-0.15, -0.1) is 0 Å². The molecule has 0 fully saturated rings. The summed E-state index contributed by atoms with van der Waals surface area (Å²) in [6, 6.07) is 1.47. The highest BCUT2D eigenvalue weighted by Gasteiger charge is 2.34. The largest absolute Gasteiger partial charge is 0.496 e. The van der Waals surface area contributed by atoms with Crippen LogP contribution in [0.15, 0.2) is 12.1 Å². The van der Waals surface area contributed by atoms with E-state index in [9.17, 15) is 18.0 Å². The van der Waals surface area contributed by atoms with Crippen LogP contribution >= 0.6 is 23.2 Å². The SMILES string of the molecule is COc1cc(C(F)(F)F)c(Cl)cc1C(=O)Cl.